The SMILES string of the molecule is COc1ccc(S(=O)(=O)N(C(C)=O)c2ccccc2C=Cc2cccc[n+]2[O-])cc1. The molecule has 0 unspecified atom stereocenters. The Labute approximate surface area is 175 Å². The zero-order valence-corrected chi connectivity index (χ0v) is 17.2. The molecule has 0 radical (unpaired) electrons. The van der Waals surface area contributed by atoms with Crippen molar-refractivity contribution < 1.29 is 22.7 Å². The molecule has 0 saturated heterocycles. The van der Waals surface area contributed by atoms with Gasteiger partial charge in [0.25, 0.3) is 10.0 Å². The molecule has 0 saturated carbocycles. The number of aromatic nitrogens is 1. The maximum Gasteiger partial charge on any atom is 0.270 e. The Hall–Kier alpha value is -3.65. The maximum absolute atomic E-state index is 13.2. The van der Waals surface area contributed by atoms with E-state index in [1.54, 1.807) is 54.6 Å². The van der Waals surface area contributed by atoms with Crippen LogP contribution < -0.4 is 13.8 Å². The zero-order valence-electron chi connectivity index (χ0n) is 16.4. The molecule has 3 rings (SSSR count). The van der Waals surface area contributed by atoms with Crippen molar-refractivity contribution >= 4 is 33.8 Å². The van der Waals surface area contributed by atoms with E-state index in [0.29, 0.717) is 21.7 Å². The highest BCUT2D eigenvalue weighted by molar-refractivity contribution is 7.93. The summed E-state index contributed by atoms with van der Waals surface area (Å²) in [5.41, 5.74) is 1.03. The lowest BCUT2D eigenvalue weighted by molar-refractivity contribution is -0.607. The van der Waals surface area contributed by atoms with Gasteiger partial charge in [0.15, 0.2) is 6.20 Å². The van der Waals surface area contributed by atoms with Gasteiger partial charge in [-0.3, -0.25) is 4.79 Å². The van der Waals surface area contributed by atoms with E-state index < -0.39 is 15.9 Å². The fourth-order valence-corrected chi connectivity index (χ4v) is 4.34. The summed E-state index contributed by atoms with van der Waals surface area (Å²) >= 11 is 0. The van der Waals surface area contributed by atoms with Gasteiger partial charge >= 0.3 is 0 Å². The lowest BCUT2D eigenvalue weighted by Crippen LogP contribution is -2.35. The molecule has 0 aliphatic carbocycles. The highest BCUT2D eigenvalue weighted by Crippen LogP contribution is 2.29. The van der Waals surface area contributed by atoms with Crippen molar-refractivity contribution in [3.63, 3.8) is 0 Å². The molecule has 2 aromatic carbocycles. The molecule has 0 bridgehead atoms. The number of hydrogen-bond acceptors (Lipinski definition) is 5. The molecule has 3 aromatic rings. The average molecular weight is 424 g/mol. The van der Waals surface area contributed by atoms with Gasteiger partial charge in [0.05, 0.1) is 17.7 Å². The maximum atomic E-state index is 13.2. The van der Waals surface area contributed by atoms with Crippen LogP contribution in [0.4, 0.5) is 5.69 Å². The number of carbonyl (C=O) groups is 1. The summed E-state index contributed by atoms with van der Waals surface area (Å²) in [5, 5.41) is 11.9. The monoisotopic (exact) mass is 424 g/mol. The first kappa shape index (κ1) is 21.1. The van der Waals surface area contributed by atoms with Gasteiger partial charge in [0, 0.05) is 25.1 Å². The first-order valence-corrected chi connectivity index (χ1v) is 10.4. The topological polar surface area (TPSA) is 90.6 Å². The van der Waals surface area contributed by atoms with E-state index in [4.69, 9.17) is 4.74 Å². The minimum absolute atomic E-state index is 0.0438. The summed E-state index contributed by atoms with van der Waals surface area (Å²) in [6.45, 7) is 1.18. The Kier molecular flexibility index (Phi) is 6.17. The second-order valence-electron chi connectivity index (χ2n) is 6.31. The number of amides is 1. The molecule has 30 heavy (non-hydrogen) atoms. The van der Waals surface area contributed by atoms with Gasteiger partial charge in [0.2, 0.25) is 11.6 Å². The lowest BCUT2D eigenvalue weighted by Gasteiger charge is -2.23. The van der Waals surface area contributed by atoms with Crippen molar-refractivity contribution in [2.75, 3.05) is 11.4 Å². The predicted molar refractivity (Wildman–Crippen MR) is 114 cm³/mol. The number of benzene rings is 2. The van der Waals surface area contributed by atoms with E-state index in [1.807, 2.05) is 0 Å². The van der Waals surface area contributed by atoms with Gasteiger partial charge < -0.3 is 9.94 Å². The number of hydrogen-bond donors (Lipinski definition) is 0. The summed E-state index contributed by atoms with van der Waals surface area (Å²) in [6, 6.07) is 17.3. The quantitative estimate of drug-likeness (QED) is 0.448. The number of para-hydroxylation sites is 1. The van der Waals surface area contributed by atoms with Crippen LogP contribution in [0.2, 0.25) is 0 Å². The average Bonchev–Trinajstić information content (AvgIpc) is 2.74. The van der Waals surface area contributed by atoms with Crippen molar-refractivity contribution in [3.05, 3.63) is 89.4 Å². The summed E-state index contributed by atoms with van der Waals surface area (Å²) in [4.78, 5) is 12.4. The third-order valence-corrected chi connectivity index (χ3v) is 6.13. The number of sulfonamides is 1. The third-order valence-electron chi connectivity index (χ3n) is 4.33. The van der Waals surface area contributed by atoms with E-state index in [2.05, 4.69) is 0 Å². The molecule has 1 heterocycles. The first-order valence-electron chi connectivity index (χ1n) is 9.00. The predicted octanol–water partition coefficient (Wildman–Crippen LogP) is 3.24. The summed E-state index contributed by atoms with van der Waals surface area (Å²) in [7, 11) is -2.69. The van der Waals surface area contributed by atoms with Crippen LogP contribution in [0.1, 0.15) is 18.2 Å². The number of ether oxygens (including phenoxy) is 1. The van der Waals surface area contributed by atoms with Crippen LogP contribution in [-0.2, 0) is 14.8 Å². The zero-order chi connectivity index (χ0) is 21.7. The Morgan fingerprint density at radius 2 is 1.67 bits per heavy atom. The largest absolute Gasteiger partial charge is 0.618 e. The number of nitrogens with zero attached hydrogens (tertiary/aromatic N) is 2. The smallest absolute Gasteiger partial charge is 0.270 e. The molecule has 154 valence electrons. The van der Waals surface area contributed by atoms with Gasteiger partial charge in [-0.15, -0.1) is 0 Å². The Morgan fingerprint density at radius 1 is 1.00 bits per heavy atom. The first-order chi connectivity index (χ1) is 14.3. The number of rotatable bonds is 6. The van der Waals surface area contributed by atoms with Crippen LogP contribution in [0.5, 0.6) is 5.75 Å². The summed E-state index contributed by atoms with van der Waals surface area (Å²) < 4.78 is 33.0. The minimum atomic E-state index is -4.16. The molecule has 0 aliphatic rings. The summed E-state index contributed by atoms with van der Waals surface area (Å²) in [5.74, 6) is -0.161. The number of carbonyl (C=O) groups excluding carboxylic acids is 1. The minimum Gasteiger partial charge on any atom is -0.618 e. The van der Waals surface area contributed by atoms with Crippen LogP contribution in [0, 0.1) is 5.21 Å². The van der Waals surface area contributed by atoms with E-state index in [0.717, 1.165) is 4.31 Å². The molecule has 7 nitrogen and oxygen atoms in total. The van der Waals surface area contributed by atoms with Crippen molar-refractivity contribution in [3.8, 4) is 5.75 Å². The lowest BCUT2D eigenvalue weighted by atomic mass is 10.1. The van der Waals surface area contributed by atoms with Crippen molar-refractivity contribution in [2.45, 2.75) is 11.8 Å². The van der Waals surface area contributed by atoms with E-state index >= 15 is 0 Å². The standard InChI is InChI=1S/C22H20N2O5S/c1-17(25)24(30(27,28)21-14-12-20(29-2)13-15-21)22-9-4-3-7-18(22)10-11-19-8-5-6-16-23(19)26/h3-16H,1-2H3. The van der Waals surface area contributed by atoms with Crippen LogP contribution >= 0.6 is 0 Å². The number of methoxy groups -OCH3 is 1. The molecule has 0 atom stereocenters. The normalized spacial score (nSPS) is 11.4. The Bertz CT molecular complexity index is 1190. The molecular formula is C22H20N2O5S. The van der Waals surface area contributed by atoms with Gasteiger partial charge in [0.1, 0.15) is 5.75 Å². The highest BCUT2D eigenvalue weighted by atomic mass is 32.2. The van der Waals surface area contributed by atoms with Gasteiger partial charge in [-0.05, 0) is 48.0 Å². The molecule has 0 fully saturated rings. The van der Waals surface area contributed by atoms with Gasteiger partial charge in [-0.2, -0.15) is 4.73 Å². The third kappa shape index (κ3) is 4.33. The molecular weight excluding hydrogens is 404 g/mol. The Balaban J connectivity index is 2.07. The van der Waals surface area contributed by atoms with E-state index in [1.165, 1.54) is 44.5 Å². The van der Waals surface area contributed by atoms with Crippen molar-refractivity contribution in [2.24, 2.45) is 0 Å². The fourth-order valence-electron chi connectivity index (χ4n) is 2.88. The Morgan fingerprint density at radius 3 is 2.30 bits per heavy atom. The molecule has 1 amide bonds. The number of pyridine rings is 1. The van der Waals surface area contributed by atoms with E-state index in [-0.39, 0.29) is 10.6 Å². The van der Waals surface area contributed by atoms with Crippen LogP contribution in [-0.4, -0.2) is 21.4 Å². The molecule has 8 heteroatoms. The fraction of sp³-hybridized carbons (Fsp3) is 0.0909. The van der Waals surface area contributed by atoms with Crippen LogP contribution in [0.3, 0.4) is 0 Å². The number of anilines is 1. The highest BCUT2D eigenvalue weighted by Gasteiger charge is 2.30. The summed E-state index contributed by atoms with van der Waals surface area (Å²) in [6.07, 6.45) is 4.52. The van der Waals surface area contributed by atoms with Crippen LogP contribution in [0.25, 0.3) is 12.2 Å². The van der Waals surface area contributed by atoms with Gasteiger partial charge in [-0.1, -0.05) is 18.2 Å². The second-order valence-corrected chi connectivity index (χ2v) is 8.09. The van der Waals surface area contributed by atoms with Crippen molar-refractivity contribution in [1.29, 1.82) is 0 Å². The van der Waals surface area contributed by atoms with E-state index in [9.17, 15) is 18.4 Å². The van der Waals surface area contributed by atoms with Crippen molar-refractivity contribution in [1.82, 2.24) is 0 Å². The van der Waals surface area contributed by atoms with Gasteiger partial charge in [-0.25, -0.2) is 12.7 Å². The second kappa shape index (κ2) is 8.79. The van der Waals surface area contributed by atoms with Crippen LogP contribution in [0.15, 0.2) is 77.8 Å². The molecule has 1 aromatic heterocycles. The molecule has 0 N–H and O–H groups in total. The molecule has 0 spiro atoms. The molecule has 0 aliphatic heterocycles.